The van der Waals surface area contributed by atoms with E-state index < -0.39 is 5.91 Å². The quantitative estimate of drug-likeness (QED) is 0.498. The van der Waals surface area contributed by atoms with Crippen LogP contribution in [-0.2, 0) is 16.2 Å². The van der Waals surface area contributed by atoms with Crippen molar-refractivity contribution < 1.29 is 18.7 Å². The Balaban J connectivity index is 1.57. The Morgan fingerprint density at radius 3 is 2.44 bits per heavy atom. The van der Waals surface area contributed by atoms with Gasteiger partial charge in [0.05, 0.1) is 0 Å². The van der Waals surface area contributed by atoms with E-state index in [9.17, 15) is 19.2 Å². The lowest BCUT2D eigenvalue weighted by molar-refractivity contribution is -0.143. The third-order valence-corrected chi connectivity index (χ3v) is 6.01. The second-order valence-corrected chi connectivity index (χ2v) is 8.04. The summed E-state index contributed by atoms with van der Waals surface area (Å²) in [6, 6.07) is 15.3. The minimum atomic E-state index is -0.490. The second kappa shape index (κ2) is 9.19. The third-order valence-electron chi connectivity index (χ3n) is 6.01. The fourth-order valence-electron chi connectivity index (χ4n) is 4.20. The van der Waals surface area contributed by atoms with Crippen molar-refractivity contribution in [2.45, 2.75) is 45.3 Å². The van der Waals surface area contributed by atoms with Crippen LogP contribution < -0.4 is 4.74 Å². The molecular weight excluding hydrogens is 407 g/mol. The monoisotopic (exact) mass is 430 g/mol. The van der Waals surface area contributed by atoms with E-state index in [-0.39, 0.29) is 29.9 Å². The average molecular weight is 430 g/mol. The Kier molecular flexibility index (Phi) is 6.18. The minimum Gasteiger partial charge on any atom is -0.489 e. The van der Waals surface area contributed by atoms with Crippen molar-refractivity contribution >= 4 is 17.9 Å². The van der Waals surface area contributed by atoms with E-state index in [2.05, 4.69) is 0 Å². The molecule has 162 valence electrons. The van der Waals surface area contributed by atoms with Gasteiger partial charge in [-0.15, -0.1) is 0 Å². The Hall–Kier alpha value is -3.72. The maximum absolute atomic E-state index is 13.7. The molecule has 0 unspecified atom stereocenters. The molecule has 0 saturated heterocycles. The minimum absolute atomic E-state index is 0.0209. The normalized spacial score (nSPS) is 18.4. The molecule has 0 N–H and O–H groups in total. The van der Waals surface area contributed by atoms with E-state index in [4.69, 9.17) is 4.74 Å². The first-order valence-electron chi connectivity index (χ1n) is 10.7. The molecule has 1 saturated carbocycles. The highest BCUT2D eigenvalue weighted by Crippen LogP contribution is 2.33. The van der Waals surface area contributed by atoms with Gasteiger partial charge in [-0.3, -0.25) is 14.5 Å². The van der Waals surface area contributed by atoms with Crippen molar-refractivity contribution in [3.8, 4) is 11.8 Å². The number of halogens is 1. The van der Waals surface area contributed by atoms with Gasteiger partial charge < -0.3 is 4.74 Å². The van der Waals surface area contributed by atoms with Gasteiger partial charge in [0.15, 0.2) is 0 Å². The molecule has 1 fully saturated rings. The highest BCUT2D eigenvalue weighted by molar-refractivity contribution is 6.19. The summed E-state index contributed by atoms with van der Waals surface area (Å²) in [5, 5.41) is 9.53. The summed E-state index contributed by atoms with van der Waals surface area (Å²) in [5.74, 6) is -0.589. The van der Waals surface area contributed by atoms with Gasteiger partial charge in [-0.05, 0) is 55.2 Å². The van der Waals surface area contributed by atoms with Crippen LogP contribution in [0.25, 0.3) is 6.08 Å². The van der Waals surface area contributed by atoms with Crippen LogP contribution in [0.2, 0.25) is 0 Å². The number of imide groups is 1. The van der Waals surface area contributed by atoms with Crippen LogP contribution in [0.1, 0.15) is 43.7 Å². The van der Waals surface area contributed by atoms with E-state index in [1.165, 1.54) is 11.0 Å². The maximum Gasteiger partial charge on any atom is 0.271 e. The number of benzene rings is 2. The zero-order valence-electron chi connectivity index (χ0n) is 17.8. The molecule has 6 heteroatoms. The van der Waals surface area contributed by atoms with Gasteiger partial charge >= 0.3 is 0 Å². The van der Waals surface area contributed by atoms with Crippen molar-refractivity contribution in [2.24, 2.45) is 0 Å². The number of hydrogen-bond donors (Lipinski definition) is 0. The fourth-order valence-corrected chi connectivity index (χ4v) is 4.20. The lowest BCUT2D eigenvalue weighted by Crippen LogP contribution is -2.47. The smallest absolute Gasteiger partial charge is 0.271 e. The lowest BCUT2D eigenvalue weighted by Gasteiger charge is -2.32. The summed E-state index contributed by atoms with van der Waals surface area (Å²) >= 11 is 0. The van der Waals surface area contributed by atoms with Crippen molar-refractivity contribution in [1.82, 2.24) is 4.90 Å². The van der Waals surface area contributed by atoms with Gasteiger partial charge in [0.25, 0.3) is 11.8 Å². The first-order chi connectivity index (χ1) is 15.5. The highest BCUT2D eigenvalue weighted by Gasteiger charge is 2.40. The molecule has 2 aromatic rings. The molecule has 32 heavy (non-hydrogen) atoms. The molecule has 2 aromatic carbocycles. The molecule has 0 bridgehead atoms. The van der Waals surface area contributed by atoms with Crippen LogP contribution in [0.4, 0.5) is 4.39 Å². The van der Waals surface area contributed by atoms with Crippen LogP contribution in [0.5, 0.6) is 5.75 Å². The van der Waals surface area contributed by atoms with E-state index >= 15 is 0 Å². The average Bonchev–Trinajstić information content (AvgIpc) is 3.32. The number of carbonyl (C=O) groups is 2. The molecule has 1 aliphatic heterocycles. The predicted octanol–water partition coefficient (Wildman–Crippen LogP) is 4.94. The molecule has 1 heterocycles. The van der Waals surface area contributed by atoms with Gasteiger partial charge in [0.1, 0.15) is 29.8 Å². The third kappa shape index (κ3) is 4.19. The van der Waals surface area contributed by atoms with E-state index in [1.54, 1.807) is 55.5 Å². The summed E-state index contributed by atoms with van der Waals surface area (Å²) < 4.78 is 19.4. The summed E-state index contributed by atoms with van der Waals surface area (Å²) in [6.07, 6.45) is 5.19. The van der Waals surface area contributed by atoms with Gasteiger partial charge in [-0.2, -0.15) is 5.26 Å². The number of ether oxygens (including phenoxy) is 1. The SMILES string of the molecule is CC1=C(C#N)C(=O)N(C2CCCC2)C(=O)/C1=C/c1ccc(OCc2ccccc2F)cc1. The second-order valence-electron chi connectivity index (χ2n) is 8.04. The molecule has 0 radical (unpaired) electrons. The number of carbonyl (C=O) groups excluding carboxylic acids is 2. The number of rotatable bonds is 5. The van der Waals surface area contributed by atoms with E-state index in [1.807, 2.05) is 6.07 Å². The lowest BCUT2D eigenvalue weighted by atomic mass is 9.92. The fraction of sp³-hybridized carbons (Fsp3) is 0.269. The van der Waals surface area contributed by atoms with Crippen molar-refractivity contribution in [3.63, 3.8) is 0 Å². The van der Waals surface area contributed by atoms with E-state index in [0.29, 0.717) is 22.5 Å². The van der Waals surface area contributed by atoms with Crippen LogP contribution in [-0.4, -0.2) is 22.8 Å². The first kappa shape index (κ1) is 21.5. The molecule has 5 nitrogen and oxygen atoms in total. The summed E-state index contributed by atoms with van der Waals surface area (Å²) in [5.41, 5.74) is 1.98. The van der Waals surface area contributed by atoms with Gasteiger partial charge in [0.2, 0.25) is 0 Å². The molecule has 2 amide bonds. The number of nitrogens with zero attached hydrogens (tertiary/aromatic N) is 2. The summed E-state index contributed by atoms with van der Waals surface area (Å²) in [7, 11) is 0. The summed E-state index contributed by atoms with van der Waals surface area (Å²) in [6.45, 7) is 1.75. The van der Waals surface area contributed by atoms with Gasteiger partial charge in [-0.25, -0.2) is 4.39 Å². The predicted molar refractivity (Wildman–Crippen MR) is 118 cm³/mol. The van der Waals surface area contributed by atoms with Gasteiger partial charge in [0, 0.05) is 17.2 Å². The molecule has 0 atom stereocenters. The highest BCUT2D eigenvalue weighted by atomic mass is 19.1. The zero-order valence-corrected chi connectivity index (χ0v) is 17.8. The Labute approximate surface area is 186 Å². The molecule has 2 aliphatic rings. The number of hydrogen-bond acceptors (Lipinski definition) is 4. The van der Waals surface area contributed by atoms with Crippen LogP contribution in [0.15, 0.2) is 65.3 Å². The Morgan fingerprint density at radius 1 is 1.09 bits per heavy atom. The largest absolute Gasteiger partial charge is 0.489 e. The Morgan fingerprint density at radius 2 is 1.78 bits per heavy atom. The topological polar surface area (TPSA) is 70.4 Å². The summed E-state index contributed by atoms with van der Waals surface area (Å²) in [4.78, 5) is 27.2. The molecule has 1 aliphatic carbocycles. The first-order valence-corrected chi connectivity index (χ1v) is 10.7. The van der Waals surface area contributed by atoms with Crippen molar-refractivity contribution in [1.29, 1.82) is 5.26 Å². The number of amides is 2. The Bertz CT molecular complexity index is 1150. The van der Waals surface area contributed by atoms with Crippen molar-refractivity contribution in [2.75, 3.05) is 0 Å². The van der Waals surface area contributed by atoms with Crippen LogP contribution >= 0.6 is 0 Å². The number of nitriles is 1. The molecule has 0 spiro atoms. The van der Waals surface area contributed by atoms with E-state index in [0.717, 1.165) is 31.2 Å². The molecular formula is C26H23FN2O3. The zero-order chi connectivity index (χ0) is 22.7. The standard InChI is InChI=1S/C26H23FN2O3/c1-17-22(25(30)29(20-7-3-4-8-20)26(31)23(17)15-28)14-18-10-12-21(13-11-18)32-16-19-6-2-5-9-24(19)27/h2,5-6,9-14,20H,3-4,7-8,16H2,1H3/b22-14+. The van der Waals surface area contributed by atoms with Crippen molar-refractivity contribution in [3.05, 3.63) is 82.2 Å². The maximum atomic E-state index is 13.7. The van der Waals surface area contributed by atoms with Crippen LogP contribution in [0.3, 0.4) is 0 Å². The van der Waals surface area contributed by atoms with Gasteiger partial charge in [-0.1, -0.05) is 43.2 Å². The molecule has 4 rings (SSSR count). The van der Waals surface area contributed by atoms with Crippen LogP contribution in [0, 0.1) is 17.1 Å². The molecule has 0 aromatic heterocycles.